The second-order valence-corrected chi connectivity index (χ2v) is 11.1. The van der Waals surface area contributed by atoms with Gasteiger partial charge < -0.3 is 10.2 Å². The average molecular weight is 415 g/mol. The largest absolute Gasteiger partial charge is 0.356 e. The molecule has 0 aliphatic carbocycles. The average Bonchev–Trinajstić information content (AvgIpc) is 3.18. The van der Waals surface area contributed by atoms with Crippen LogP contribution in [-0.2, 0) is 15.0 Å². The van der Waals surface area contributed by atoms with E-state index in [0.29, 0.717) is 44.6 Å². The van der Waals surface area contributed by atoms with E-state index in [4.69, 9.17) is 0 Å². The van der Waals surface area contributed by atoms with E-state index in [1.165, 1.54) is 25.9 Å². The van der Waals surface area contributed by atoms with Crippen LogP contribution < -0.4 is 5.32 Å². The van der Waals surface area contributed by atoms with Gasteiger partial charge in [-0.2, -0.15) is 17.0 Å². The summed E-state index contributed by atoms with van der Waals surface area (Å²) in [5, 5.41) is 3.04. The molecule has 1 N–H and O–H groups in total. The van der Waals surface area contributed by atoms with Crippen molar-refractivity contribution in [2.75, 3.05) is 52.4 Å². The van der Waals surface area contributed by atoms with Crippen molar-refractivity contribution in [1.29, 1.82) is 0 Å². The molecule has 0 aromatic carbocycles. The normalized spacial score (nSPS) is 31.1. The molecular formula is C20H38N4O3S. The standard InChI is InChI=1S/C20H38N4O3S/c1-17-13-18(2)15-24(14-17)28(26,27)23-12-5-7-19(16-23)20(25)21-8-6-11-22-9-3-4-10-22/h17-19H,3-16H2,1-2H3,(H,21,25)/t17-,18+,19-/m0/s1. The summed E-state index contributed by atoms with van der Waals surface area (Å²) in [6.45, 7) is 10.3. The van der Waals surface area contributed by atoms with Crippen molar-refractivity contribution in [3.8, 4) is 0 Å². The van der Waals surface area contributed by atoms with Gasteiger partial charge in [0, 0.05) is 32.7 Å². The summed E-state index contributed by atoms with van der Waals surface area (Å²) in [6.07, 6.45) is 6.14. The first kappa shape index (κ1) is 22.0. The van der Waals surface area contributed by atoms with Crippen LogP contribution in [0.15, 0.2) is 0 Å². The summed E-state index contributed by atoms with van der Waals surface area (Å²) in [7, 11) is -3.47. The van der Waals surface area contributed by atoms with Crippen LogP contribution in [0.3, 0.4) is 0 Å². The van der Waals surface area contributed by atoms with Gasteiger partial charge in [-0.25, -0.2) is 0 Å². The molecule has 8 heteroatoms. The molecule has 0 aromatic heterocycles. The molecule has 3 aliphatic rings. The molecule has 0 unspecified atom stereocenters. The third-order valence-electron chi connectivity index (χ3n) is 6.39. The Morgan fingerprint density at radius 1 is 0.964 bits per heavy atom. The monoisotopic (exact) mass is 414 g/mol. The summed E-state index contributed by atoms with van der Waals surface area (Å²) < 4.78 is 29.4. The van der Waals surface area contributed by atoms with E-state index in [1.807, 2.05) is 0 Å². The lowest BCUT2D eigenvalue weighted by Gasteiger charge is -2.39. The number of hydrogen-bond donors (Lipinski definition) is 1. The van der Waals surface area contributed by atoms with Gasteiger partial charge in [-0.05, 0) is 70.0 Å². The second kappa shape index (κ2) is 9.87. The van der Waals surface area contributed by atoms with Crippen molar-refractivity contribution in [1.82, 2.24) is 18.8 Å². The number of piperidine rings is 2. The van der Waals surface area contributed by atoms with Crippen molar-refractivity contribution >= 4 is 16.1 Å². The molecule has 3 aliphatic heterocycles. The Bertz CT molecular complexity index is 611. The van der Waals surface area contributed by atoms with E-state index in [-0.39, 0.29) is 11.8 Å². The molecule has 3 heterocycles. The Balaban J connectivity index is 1.47. The van der Waals surface area contributed by atoms with Gasteiger partial charge in [-0.15, -0.1) is 0 Å². The predicted molar refractivity (Wildman–Crippen MR) is 111 cm³/mol. The Morgan fingerprint density at radius 2 is 1.64 bits per heavy atom. The zero-order chi connectivity index (χ0) is 20.1. The molecule has 7 nitrogen and oxygen atoms in total. The minimum absolute atomic E-state index is 0.0155. The van der Waals surface area contributed by atoms with Gasteiger partial charge in [-0.3, -0.25) is 4.79 Å². The highest BCUT2D eigenvalue weighted by molar-refractivity contribution is 7.86. The van der Waals surface area contributed by atoms with Crippen LogP contribution in [0.4, 0.5) is 0 Å². The number of carbonyl (C=O) groups is 1. The Labute approximate surface area is 171 Å². The van der Waals surface area contributed by atoms with Gasteiger partial charge in [0.2, 0.25) is 5.91 Å². The number of carbonyl (C=O) groups excluding carboxylic acids is 1. The van der Waals surface area contributed by atoms with E-state index < -0.39 is 10.2 Å². The van der Waals surface area contributed by atoms with Crippen molar-refractivity contribution in [2.45, 2.75) is 52.4 Å². The van der Waals surface area contributed by atoms with Crippen molar-refractivity contribution in [3.63, 3.8) is 0 Å². The Kier molecular flexibility index (Phi) is 7.75. The van der Waals surface area contributed by atoms with Gasteiger partial charge in [0.05, 0.1) is 5.92 Å². The quantitative estimate of drug-likeness (QED) is 0.641. The lowest BCUT2D eigenvalue weighted by atomic mass is 9.94. The maximum atomic E-state index is 13.1. The van der Waals surface area contributed by atoms with Gasteiger partial charge in [0.25, 0.3) is 10.2 Å². The maximum absolute atomic E-state index is 13.1. The van der Waals surface area contributed by atoms with E-state index in [1.54, 1.807) is 8.61 Å². The fraction of sp³-hybridized carbons (Fsp3) is 0.950. The van der Waals surface area contributed by atoms with E-state index in [9.17, 15) is 13.2 Å². The minimum atomic E-state index is -3.47. The fourth-order valence-electron chi connectivity index (χ4n) is 4.99. The lowest BCUT2D eigenvalue weighted by molar-refractivity contribution is -0.126. The van der Waals surface area contributed by atoms with E-state index in [2.05, 4.69) is 24.1 Å². The maximum Gasteiger partial charge on any atom is 0.282 e. The first-order chi connectivity index (χ1) is 13.4. The molecule has 0 saturated carbocycles. The topological polar surface area (TPSA) is 73.0 Å². The molecule has 3 atom stereocenters. The summed E-state index contributed by atoms with van der Waals surface area (Å²) in [5.41, 5.74) is 0. The highest BCUT2D eigenvalue weighted by Crippen LogP contribution is 2.27. The summed E-state index contributed by atoms with van der Waals surface area (Å²) in [5.74, 6) is 0.563. The van der Waals surface area contributed by atoms with Crippen LogP contribution in [0.1, 0.15) is 52.4 Å². The third-order valence-corrected chi connectivity index (χ3v) is 8.33. The molecule has 0 aromatic rings. The molecule has 3 saturated heterocycles. The van der Waals surface area contributed by atoms with Crippen molar-refractivity contribution in [2.24, 2.45) is 17.8 Å². The number of nitrogens with zero attached hydrogens (tertiary/aromatic N) is 3. The number of rotatable bonds is 7. The van der Waals surface area contributed by atoms with E-state index >= 15 is 0 Å². The first-order valence-electron chi connectivity index (χ1n) is 11.1. The van der Waals surface area contributed by atoms with Gasteiger partial charge in [-0.1, -0.05) is 13.8 Å². The van der Waals surface area contributed by atoms with Crippen LogP contribution in [0.2, 0.25) is 0 Å². The highest BCUT2D eigenvalue weighted by atomic mass is 32.2. The van der Waals surface area contributed by atoms with Crippen molar-refractivity contribution in [3.05, 3.63) is 0 Å². The SMILES string of the molecule is C[C@@H]1C[C@H](C)CN(S(=O)(=O)N2CCC[C@H](C(=O)NCCCN3CCCC3)C2)C1. The molecule has 0 radical (unpaired) electrons. The molecule has 0 bridgehead atoms. The molecule has 28 heavy (non-hydrogen) atoms. The fourth-order valence-corrected chi connectivity index (χ4v) is 6.93. The van der Waals surface area contributed by atoms with E-state index in [0.717, 1.165) is 32.2 Å². The smallest absolute Gasteiger partial charge is 0.282 e. The molecule has 3 fully saturated rings. The summed E-state index contributed by atoms with van der Waals surface area (Å²) in [6, 6.07) is 0. The molecular weight excluding hydrogens is 376 g/mol. The minimum Gasteiger partial charge on any atom is -0.356 e. The van der Waals surface area contributed by atoms with Gasteiger partial charge >= 0.3 is 0 Å². The molecule has 3 rings (SSSR count). The Morgan fingerprint density at radius 3 is 2.32 bits per heavy atom. The zero-order valence-electron chi connectivity index (χ0n) is 17.6. The predicted octanol–water partition coefficient (Wildman–Crippen LogP) is 1.52. The van der Waals surface area contributed by atoms with Crippen LogP contribution >= 0.6 is 0 Å². The lowest BCUT2D eigenvalue weighted by Crippen LogP contribution is -2.53. The van der Waals surface area contributed by atoms with Crippen LogP contribution in [0.25, 0.3) is 0 Å². The number of nitrogens with one attached hydrogen (secondary N) is 1. The van der Waals surface area contributed by atoms with Crippen LogP contribution in [0.5, 0.6) is 0 Å². The number of likely N-dealkylation sites (tertiary alicyclic amines) is 1. The first-order valence-corrected chi connectivity index (χ1v) is 12.5. The Hall–Kier alpha value is -0.700. The molecule has 162 valence electrons. The van der Waals surface area contributed by atoms with Crippen LogP contribution in [0, 0.1) is 17.8 Å². The zero-order valence-corrected chi connectivity index (χ0v) is 18.4. The summed E-state index contributed by atoms with van der Waals surface area (Å²) >= 11 is 0. The molecule has 1 amide bonds. The van der Waals surface area contributed by atoms with Gasteiger partial charge in [0.15, 0.2) is 0 Å². The highest BCUT2D eigenvalue weighted by Gasteiger charge is 2.38. The van der Waals surface area contributed by atoms with Crippen LogP contribution in [-0.4, -0.2) is 80.2 Å². The number of hydrogen-bond acceptors (Lipinski definition) is 4. The molecule has 0 spiro atoms. The van der Waals surface area contributed by atoms with Gasteiger partial charge in [0.1, 0.15) is 0 Å². The second-order valence-electron chi connectivity index (χ2n) is 9.16. The van der Waals surface area contributed by atoms with Crippen molar-refractivity contribution < 1.29 is 13.2 Å². The summed E-state index contributed by atoms with van der Waals surface area (Å²) in [4.78, 5) is 15.0. The number of amides is 1. The third kappa shape index (κ3) is 5.68.